The zero-order valence-electron chi connectivity index (χ0n) is 20.2. The number of fused-ring (bicyclic) bond motifs is 1. The van der Waals surface area contributed by atoms with Gasteiger partial charge in [0.15, 0.2) is 11.5 Å². The number of aromatic carboxylic acids is 1. The zero-order valence-corrected chi connectivity index (χ0v) is 20.2. The summed E-state index contributed by atoms with van der Waals surface area (Å²) in [5, 5.41) is 22.7. The minimum atomic E-state index is -2.64. The molecule has 36 heavy (non-hydrogen) atoms. The molecule has 1 aromatic heterocycles. The summed E-state index contributed by atoms with van der Waals surface area (Å²) < 4.78 is 28.0. The summed E-state index contributed by atoms with van der Waals surface area (Å²) in [4.78, 5) is 23.1. The number of nitrogens with one attached hydrogen (secondary N) is 1. The van der Waals surface area contributed by atoms with Crippen molar-refractivity contribution in [3.8, 4) is 6.07 Å². The SMILES string of the molecule is Cc1cc([C@@H](C)Nc2ccccc2C(=O)O)c2nc(N3CCC4(CCC(F)(F)C4)C3)c(C#N)nc2c1. The normalized spacial score (nSPS) is 21.6. The lowest BCUT2D eigenvalue weighted by atomic mass is 9.85. The van der Waals surface area contributed by atoms with E-state index >= 15 is 0 Å². The van der Waals surface area contributed by atoms with Crippen LogP contribution in [0.5, 0.6) is 0 Å². The largest absolute Gasteiger partial charge is 0.478 e. The number of nitriles is 1. The number of hydrogen-bond donors (Lipinski definition) is 2. The summed E-state index contributed by atoms with van der Waals surface area (Å²) in [6.45, 7) is 4.81. The van der Waals surface area contributed by atoms with Gasteiger partial charge in [0.1, 0.15) is 6.07 Å². The Morgan fingerprint density at radius 2 is 2.00 bits per heavy atom. The van der Waals surface area contributed by atoms with Gasteiger partial charge in [0.2, 0.25) is 5.92 Å². The fourth-order valence-electron chi connectivity index (χ4n) is 5.69. The first kappa shape index (κ1) is 23.9. The second-order valence-corrected chi connectivity index (χ2v) is 10.2. The predicted octanol–water partition coefficient (Wildman–Crippen LogP) is 5.70. The Kier molecular flexibility index (Phi) is 5.78. The van der Waals surface area contributed by atoms with E-state index in [9.17, 15) is 23.9 Å². The molecule has 7 nitrogen and oxygen atoms in total. The number of benzene rings is 2. The van der Waals surface area contributed by atoms with Gasteiger partial charge in [0.05, 0.1) is 22.6 Å². The van der Waals surface area contributed by atoms with Crippen molar-refractivity contribution in [2.75, 3.05) is 23.3 Å². The number of aromatic nitrogens is 2. The van der Waals surface area contributed by atoms with Crippen molar-refractivity contribution in [2.45, 2.75) is 51.5 Å². The highest BCUT2D eigenvalue weighted by molar-refractivity contribution is 5.94. The van der Waals surface area contributed by atoms with Crippen molar-refractivity contribution >= 4 is 28.5 Å². The maximum absolute atomic E-state index is 14.0. The number of hydrogen-bond acceptors (Lipinski definition) is 6. The van der Waals surface area contributed by atoms with Crippen LogP contribution in [0.15, 0.2) is 36.4 Å². The maximum atomic E-state index is 14.0. The molecule has 2 N–H and O–H groups in total. The molecule has 2 heterocycles. The van der Waals surface area contributed by atoms with Crippen LogP contribution in [0.4, 0.5) is 20.3 Å². The monoisotopic (exact) mass is 491 g/mol. The van der Waals surface area contributed by atoms with Crippen molar-refractivity contribution in [2.24, 2.45) is 5.41 Å². The minimum absolute atomic E-state index is 0.0974. The minimum Gasteiger partial charge on any atom is -0.478 e. The molecule has 186 valence electrons. The lowest BCUT2D eigenvalue weighted by Gasteiger charge is -2.25. The fraction of sp³-hybridized carbons (Fsp3) is 0.407. The van der Waals surface area contributed by atoms with E-state index in [1.54, 1.807) is 24.3 Å². The predicted molar refractivity (Wildman–Crippen MR) is 132 cm³/mol. The average Bonchev–Trinajstić information content (AvgIpc) is 3.38. The fourth-order valence-corrected chi connectivity index (χ4v) is 5.69. The van der Waals surface area contributed by atoms with Crippen LogP contribution in [0, 0.1) is 23.7 Å². The second kappa shape index (κ2) is 8.70. The number of anilines is 2. The van der Waals surface area contributed by atoms with Crippen molar-refractivity contribution < 1.29 is 18.7 Å². The van der Waals surface area contributed by atoms with E-state index in [0.717, 1.165) is 11.1 Å². The number of aryl methyl sites for hydroxylation is 1. The summed E-state index contributed by atoms with van der Waals surface area (Å²) in [6.07, 6.45) is 0.874. The number of carboxylic acid groups (broad SMARTS) is 1. The van der Waals surface area contributed by atoms with E-state index in [0.29, 0.717) is 48.5 Å². The topological polar surface area (TPSA) is 102 Å². The molecule has 1 saturated heterocycles. The van der Waals surface area contributed by atoms with Gasteiger partial charge in [-0.1, -0.05) is 18.2 Å². The van der Waals surface area contributed by atoms with E-state index in [1.807, 2.05) is 30.9 Å². The Labute approximate surface area is 207 Å². The van der Waals surface area contributed by atoms with Crippen LogP contribution in [0.1, 0.15) is 65.8 Å². The number of para-hydroxylation sites is 1. The zero-order chi connectivity index (χ0) is 25.7. The molecule has 9 heteroatoms. The number of halogens is 2. The van der Waals surface area contributed by atoms with Gasteiger partial charge in [-0.2, -0.15) is 5.26 Å². The van der Waals surface area contributed by atoms with Crippen LogP contribution >= 0.6 is 0 Å². The number of alkyl halides is 2. The van der Waals surface area contributed by atoms with Gasteiger partial charge in [0.25, 0.3) is 0 Å². The van der Waals surface area contributed by atoms with Crippen LogP contribution in [-0.4, -0.2) is 40.1 Å². The van der Waals surface area contributed by atoms with Crippen molar-refractivity contribution in [3.63, 3.8) is 0 Å². The molecule has 1 aliphatic carbocycles. The van der Waals surface area contributed by atoms with E-state index in [-0.39, 0.29) is 30.1 Å². The van der Waals surface area contributed by atoms with Gasteiger partial charge in [-0.15, -0.1) is 0 Å². The molecular weight excluding hydrogens is 464 g/mol. The molecule has 5 rings (SSSR count). The summed E-state index contributed by atoms with van der Waals surface area (Å²) in [7, 11) is 0. The third-order valence-electron chi connectivity index (χ3n) is 7.42. The average molecular weight is 492 g/mol. The highest BCUT2D eigenvalue weighted by atomic mass is 19.3. The van der Waals surface area contributed by atoms with E-state index < -0.39 is 17.3 Å². The Bertz CT molecular complexity index is 1400. The van der Waals surface area contributed by atoms with Crippen LogP contribution < -0.4 is 10.2 Å². The van der Waals surface area contributed by atoms with Crippen LogP contribution in [-0.2, 0) is 0 Å². The highest BCUT2D eigenvalue weighted by Crippen LogP contribution is 2.52. The summed E-state index contributed by atoms with van der Waals surface area (Å²) in [5.74, 6) is -3.25. The molecule has 2 aliphatic rings. The third-order valence-corrected chi connectivity index (χ3v) is 7.42. The Morgan fingerprint density at radius 3 is 2.69 bits per heavy atom. The van der Waals surface area contributed by atoms with Crippen LogP contribution in [0.2, 0.25) is 0 Å². The van der Waals surface area contributed by atoms with Gasteiger partial charge in [-0.3, -0.25) is 0 Å². The summed E-state index contributed by atoms with van der Waals surface area (Å²) >= 11 is 0. The van der Waals surface area contributed by atoms with Gasteiger partial charge >= 0.3 is 5.97 Å². The molecule has 1 aliphatic heterocycles. The summed E-state index contributed by atoms with van der Waals surface area (Å²) in [5.41, 5.74) is 3.26. The Balaban J connectivity index is 1.54. The second-order valence-electron chi connectivity index (χ2n) is 10.2. The first-order chi connectivity index (χ1) is 17.1. The molecule has 0 radical (unpaired) electrons. The molecule has 1 unspecified atom stereocenters. The molecular formula is C27H27F2N5O2. The molecule has 2 aromatic carbocycles. The van der Waals surface area contributed by atoms with Crippen LogP contribution in [0.25, 0.3) is 11.0 Å². The number of nitrogens with zero attached hydrogens (tertiary/aromatic N) is 4. The van der Waals surface area contributed by atoms with Crippen molar-refractivity contribution in [1.82, 2.24) is 9.97 Å². The molecule has 0 bridgehead atoms. The Morgan fingerprint density at radius 1 is 1.22 bits per heavy atom. The lowest BCUT2D eigenvalue weighted by molar-refractivity contribution is -0.00188. The first-order valence-electron chi connectivity index (χ1n) is 12.0. The van der Waals surface area contributed by atoms with Gasteiger partial charge < -0.3 is 15.3 Å². The van der Waals surface area contributed by atoms with Gasteiger partial charge in [0, 0.05) is 37.2 Å². The number of carbonyl (C=O) groups is 1. The van der Waals surface area contributed by atoms with Gasteiger partial charge in [-0.25, -0.2) is 23.5 Å². The summed E-state index contributed by atoms with van der Waals surface area (Å²) in [6, 6.07) is 12.3. The molecule has 3 aromatic rings. The molecule has 2 atom stereocenters. The van der Waals surface area contributed by atoms with E-state index in [4.69, 9.17) is 4.98 Å². The smallest absolute Gasteiger partial charge is 0.337 e. The molecule has 1 saturated carbocycles. The maximum Gasteiger partial charge on any atom is 0.337 e. The highest BCUT2D eigenvalue weighted by Gasteiger charge is 2.52. The molecule has 2 fully saturated rings. The Hall–Kier alpha value is -3.80. The molecule has 0 amide bonds. The first-order valence-corrected chi connectivity index (χ1v) is 12.0. The van der Waals surface area contributed by atoms with Crippen molar-refractivity contribution in [3.05, 3.63) is 58.8 Å². The van der Waals surface area contributed by atoms with E-state index in [1.165, 1.54) is 0 Å². The number of rotatable bonds is 5. The van der Waals surface area contributed by atoms with E-state index in [2.05, 4.69) is 16.4 Å². The molecule has 1 spiro atoms. The lowest BCUT2D eigenvalue weighted by Crippen LogP contribution is -2.28. The quantitative estimate of drug-likeness (QED) is 0.472. The van der Waals surface area contributed by atoms with Crippen molar-refractivity contribution in [1.29, 1.82) is 5.26 Å². The third kappa shape index (κ3) is 4.32. The standard InChI is InChI=1S/C27H27F2N5O2/c1-16-11-19(17(2)31-20-6-4-3-5-18(20)25(35)36)23-21(12-16)32-22(13-30)24(33-23)34-10-9-26(15-34)7-8-27(28,29)14-26/h3-6,11-12,17,31H,7-10,14-15H2,1-2H3,(H,35,36)/t17-,26?/m1/s1. The van der Waals surface area contributed by atoms with Gasteiger partial charge in [-0.05, 0) is 55.9 Å². The number of carboxylic acids is 1. The van der Waals surface area contributed by atoms with Crippen LogP contribution in [0.3, 0.4) is 0 Å².